The number of carbonyl (C=O) groups is 1. The van der Waals surface area contributed by atoms with Gasteiger partial charge in [-0.2, -0.15) is 0 Å². The van der Waals surface area contributed by atoms with Crippen LogP contribution in [0.3, 0.4) is 0 Å². The van der Waals surface area contributed by atoms with E-state index in [9.17, 15) is 4.79 Å². The summed E-state index contributed by atoms with van der Waals surface area (Å²) >= 11 is 0. The molecular formula is C22H35NO2. The zero-order valence-corrected chi connectivity index (χ0v) is 16.3. The van der Waals surface area contributed by atoms with Gasteiger partial charge in [0, 0.05) is 18.4 Å². The van der Waals surface area contributed by atoms with E-state index in [-0.39, 0.29) is 18.0 Å². The molecule has 2 spiro atoms. The van der Waals surface area contributed by atoms with Gasteiger partial charge < -0.3 is 9.64 Å². The van der Waals surface area contributed by atoms with Crippen molar-refractivity contribution in [3.05, 3.63) is 0 Å². The van der Waals surface area contributed by atoms with Crippen molar-refractivity contribution in [2.24, 2.45) is 40.4 Å². The molecule has 0 aromatic rings. The van der Waals surface area contributed by atoms with Crippen molar-refractivity contribution in [3.63, 3.8) is 0 Å². The number of carbonyl (C=O) groups excluding carboxylic acids is 1. The lowest BCUT2D eigenvalue weighted by molar-refractivity contribution is -0.150. The maximum absolute atomic E-state index is 12.8. The number of hydrogen-bond donors (Lipinski definition) is 0. The number of esters is 1. The highest BCUT2D eigenvalue weighted by molar-refractivity contribution is 5.75. The summed E-state index contributed by atoms with van der Waals surface area (Å²) < 4.78 is 6.22. The van der Waals surface area contributed by atoms with Crippen molar-refractivity contribution in [2.75, 3.05) is 20.1 Å². The number of nitrogens with zero attached hydrogens (tertiary/aromatic N) is 1. The molecule has 5 fully saturated rings. The van der Waals surface area contributed by atoms with Crippen LogP contribution in [0.1, 0.15) is 65.2 Å². The molecule has 1 saturated heterocycles. The standard InChI is InChI=1S/C22H35NO2/c1-4-23(3)13-16-15-5-7-22(11-12-22)17-6-8-21(9-10-21)14(2)18(17)19(15)25-20(16)24/h14-19H,4-13H2,1-3H3. The van der Waals surface area contributed by atoms with E-state index in [1.165, 1.54) is 51.4 Å². The van der Waals surface area contributed by atoms with Crippen LogP contribution in [0, 0.1) is 40.4 Å². The summed E-state index contributed by atoms with van der Waals surface area (Å²) in [6, 6.07) is 0. The number of rotatable bonds is 3. The Balaban J connectivity index is 1.47. The van der Waals surface area contributed by atoms with Gasteiger partial charge in [0.25, 0.3) is 0 Å². The first-order chi connectivity index (χ1) is 12.0. The topological polar surface area (TPSA) is 29.5 Å². The molecule has 5 aliphatic rings. The van der Waals surface area contributed by atoms with E-state index in [4.69, 9.17) is 4.74 Å². The lowest BCUT2D eigenvalue weighted by atomic mass is 9.59. The van der Waals surface area contributed by atoms with Crippen LogP contribution in [0.2, 0.25) is 0 Å². The van der Waals surface area contributed by atoms with Gasteiger partial charge in [0.2, 0.25) is 0 Å². The molecule has 4 saturated carbocycles. The van der Waals surface area contributed by atoms with E-state index in [1.54, 1.807) is 0 Å². The monoisotopic (exact) mass is 345 g/mol. The van der Waals surface area contributed by atoms with Crippen molar-refractivity contribution in [3.8, 4) is 0 Å². The normalized spacial score (nSPS) is 45.8. The molecule has 0 aromatic heterocycles. The Morgan fingerprint density at radius 1 is 1.08 bits per heavy atom. The van der Waals surface area contributed by atoms with Gasteiger partial charge >= 0.3 is 5.97 Å². The highest BCUT2D eigenvalue weighted by Gasteiger charge is 2.66. The average Bonchev–Trinajstić information content (AvgIpc) is 3.51. The van der Waals surface area contributed by atoms with Gasteiger partial charge in [0.1, 0.15) is 6.10 Å². The summed E-state index contributed by atoms with van der Waals surface area (Å²) in [5, 5.41) is 0. The fourth-order valence-corrected chi connectivity index (χ4v) is 7.25. The van der Waals surface area contributed by atoms with Gasteiger partial charge in [0.05, 0.1) is 5.92 Å². The van der Waals surface area contributed by atoms with Crippen molar-refractivity contribution in [2.45, 2.75) is 71.3 Å². The fourth-order valence-electron chi connectivity index (χ4n) is 7.25. The van der Waals surface area contributed by atoms with Crippen molar-refractivity contribution >= 4 is 5.97 Å². The van der Waals surface area contributed by atoms with Crippen LogP contribution in [-0.4, -0.2) is 37.1 Å². The Morgan fingerprint density at radius 2 is 1.76 bits per heavy atom. The molecule has 0 N–H and O–H groups in total. The minimum atomic E-state index is 0.114. The minimum Gasteiger partial charge on any atom is -0.461 e. The zero-order valence-electron chi connectivity index (χ0n) is 16.3. The Hall–Kier alpha value is -0.570. The second kappa shape index (κ2) is 5.47. The van der Waals surface area contributed by atoms with Crippen LogP contribution < -0.4 is 0 Å². The molecule has 1 aliphatic heterocycles. The Kier molecular flexibility index (Phi) is 3.63. The lowest BCUT2D eigenvalue weighted by Gasteiger charge is -2.47. The molecule has 4 aliphatic carbocycles. The second-order valence-corrected chi connectivity index (χ2v) is 10.3. The second-order valence-electron chi connectivity index (χ2n) is 10.3. The third-order valence-electron chi connectivity index (χ3n) is 9.43. The lowest BCUT2D eigenvalue weighted by Crippen LogP contribution is -2.45. The number of hydrogen-bond acceptors (Lipinski definition) is 3. The maximum Gasteiger partial charge on any atom is 0.310 e. The van der Waals surface area contributed by atoms with Gasteiger partial charge in [-0.1, -0.05) is 13.8 Å². The van der Waals surface area contributed by atoms with Gasteiger partial charge in [-0.15, -0.1) is 0 Å². The van der Waals surface area contributed by atoms with Crippen molar-refractivity contribution in [1.82, 2.24) is 4.90 Å². The number of ether oxygens (including phenoxy) is 1. The van der Waals surface area contributed by atoms with E-state index in [1.807, 2.05) is 0 Å². The quantitative estimate of drug-likeness (QED) is 0.721. The molecule has 0 amide bonds. The molecule has 5 rings (SSSR count). The van der Waals surface area contributed by atoms with E-state index in [2.05, 4.69) is 25.8 Å². The molecule has 3 heteroatoms. The summed E-state index contributed by atoms with van der Waals surface area (Å²) in [5.74, 6) is 2.94. The van der Waals surface area contributed by atoms with Crippen LogP contribution in [-0.2, 0) is 9.53 Å². The van der Waals surface area contributed by atoms with E-state index in [0.29, 0.717) is 22.7 Å². The maximum atomic E-state index is 12.8. The molecule has 6 atom stereocenters. The summed E-state index contributed by atoms with van der Waals surface area (Å²) in [7, 11) is 2.14. The minimum absolute atomic E-state index is 0.114. The summed E-state index contributed by atoms with van der Waals surface area (Å²) in [4.78, 5) is 15.1. The van der Waals surface area contributed by atoms with Gasteiger partial charge in [-0.3, -0.25) is 4.79 Å². The van der Waals surface area contributed by atoms with Crippen LogP contribution in [0.15, 0.2) is 0 Å². The summed E-state index contributed by atoms with van der Waals surface area (Å²) in [5.41, 5.74) is 1.25. The van der Waals surface area contributed by atoms with Crippen molar-refractivity contribution < 1.29 is 9.53 Å². The molecular weight excluding hydrogens is 310 g/mol. The van der Waals surface area contributed by atoms with E-state index < -0.39 is 0 Å². The molecule has 6 unspecified atom stereocenters. The highest BCUT2D eigenvalue weighted by atomic mass is 16.6. The van der Waals surface area contributed by atoms with Crippen LogP contribution in [0.4, 0.5) is 0 Å². The predicted molar refractivity (Wildman–Crippen MR) is 98.0 cm³/mol. The third kappa shape index (κ3) is 2.37. The molecule has 3 nitrogen and oxygen atoms in total. The van der Waals surface area contributed by atoms with Crippen LogP contribution >= 0.6 is 0 Å². The smallest absolute Gasteiger partial charge is 0.310 e. The summed E-state index contributed by atoms with van der Waals surface area (Å²) in [6.45, 7) is 6.60. The van der Waals surface area contributed by atoms with Gasteiger partial charge in [-0.05, 0) is 87.6 Å². The largest absolute Gasteiger partial charge is 0.461 e. The first-order valence-corrected chi connectivity index (χ1v) is 10.9. The Morgan fingerprint density at radius 3 is 2.40 bits per heavy atom. The Labute approximate surface area is 152 Å². The van der Waals surface area contributed by atoms with Crippen molar-refractivity contribution in [1.29, 1.82) is 0 Å². The van der Waals surface area contributed by atoms with E-state index >= 15 is 0 Å². The first kappa shape index (κ1) is 16.6. The van der Waals surface area contributed by atoms with Gasteiger partial charge in [-0.25, -0.2) is 0 Å². The molecule has 0 aromatic carbocycles. The zero-order chi connectivity index (χ0) is 17.4. The molecule has 1 heterocycles. The first-order valence-electron chi connectivity index (χ1n) is 10.9. The fraction of sp³-hybridized carbons (Fsp3) is 0.955. The number of fused-ring (bicyclic) bond motifs is 4. The van der Waals surface area contributed by atoms with E-state index in [0.717, 1.165) is 24.9 Å². The average molecular weight is 346 g/mol. The molecule has 25 heavy (non-hydrogen) atoms. The highest BCUT2D eigenvalue weighted by Crippen LogP contribution is 2.71. The Bertz CT molecular complexity index is 564. The molecule has 140 valence electrons. The molecule has 0 bridgehead atoms. The SMILES string of the molecule is CCN(C)CC1C(=O)OC2C1CCC1(CC1)C1CCC3(CC3)C(C)C21. The predicted octanol–water partition coefficient (Wildman–Crippen LogP) is 4.11. The molecule has 0 radical (unpaired) electrons. The van der Waals surface area contributed by atoms with Crippen LogP contribution in [0.5, 0.6) is 0 Å². The summed E-state index contributed by atoms with van der Waals surface area (Å²) in [6.07, 6.45) is 11.4. The van der Waals surface area contributed by atoms with Gasteiger partial charge in [0.15, 0.2) is 0 Å². The van der Waals surface area contributed by atoms with Crippen LogP contribution in [0.25, 0.3) is 0 Å². The third-order valence-corrected chi connectivity index (χ3v) is 9.43.